The Balaban J connectivity index is 2.47. The Morgan fingerprint density at radius 3 is 2.51 bits per heavy atom. The lowest BCUT2D eigenvalue weighted by atomic mass is 9.82. The number of ether oxygens (including phenoxy) is 1. The molecule has 1 heterocycles. The molecule has 6 atom stereocenters. The maximum Gasteiger partial charge on any atom is 0.405 e. The second-order valence-corrected chi connectivity index (χ2v) is 10.4. The van der Waals surface area contributed by atoms with Crippen molar-refractivity contribution in [3.63, 3.8) is 0 Å². The number of amides is 2. The summed E-state index contributed by atoms with van der Waals surface area (Å²) in [5.74, 6) is -3.75. The number of benzene rings is 1. The molecule has 0 saturated heterocycles. The second-order valence-electron chi connectivity index (χ2n) is 10.4. The highest BCUT2D eigenvalue weighted by molar-refractivity contribution is 6.03. The first kappa shape index (κ1) is 30.4. The number of carbonyl (C=O) groups excluding carboxylic acids is 2. The summed E-state index contributed by atoms with van der Waals surface area (Å²) >= 11 is 0. The molecule has 2 rings (SSSR count). The summed E-state index contributed by atoms with van der Waals surface area (Å²) in [6, 6.07) is 2.36. The largest absolute Gasteiger partial charge is 0.442 e. The van der Waals surface area contributed by atoms with E-state index in [-0.39, 0.29) is 42.0 Å². The molecule has 0 spiro atoms. The zero-order valence-electron chi connectivity index (χ0n) is 22.3. The zero-order valence-corrected chi connectivity index (χ0v) is 22.3. The predicted octanol–water partition coefficient (Wildman–Crippen LogP) is 4.86. The first-order valence-electron chi connectivity index (χ1n) is 12.7. The maximum absolute atomic E-state index is 14.6. The summed E-state index contributed by atoms with van der Waals surface area (Å²) in [5.41, 5.74) is 6.69. The summed E-state index contributed by atoms with van der Waals surface area (Å²) in [4.78, 5) is 24.3. The number of aliphatic hydroxyl groups excluding tert-OH is 2. The van der Waals surface area contributed by atoms with Crippen LogP contribution < -0.4 is 11.1 Å². The lowest BCUT2D eigenvalue weighted by Crippen LogP contribution is -2.33. The minimum Gasteiger partial charge on any atom is -0.442 e. The van der Waals surface area contributed by atoms with Gasteiger partial charge in [0.15, 0.2) is 11.6 Å². The van der Waals surface area contributed by atoms with Crippen LogP contribution in [0.2, 0.25) is 0 Å². The van der Waals surface area contributed by atoms with Gasteiger partial charge in [-0.3, -0.25) is 4.79 Å². The Kier molecular flexibility index (Phi) is 11.3. The van der Waals surface area contributed by atoms with Gasteiger partial charge in [0.25, 0.3) is 5.91 Å². The predicted molar refractivity (Wildman–Crippen MR) is 139 cm³/mol. The minimum absolute atomic E-state index is 0.109. The molecular weight excluding hydrogens is 482 g/mol. The summed E-state index contributed by atoms with van der Waals surface area (Å²) in [7, 11) is 0. The SMILES string of the molecule is CC1=CCC[C@H](C)[C@@H](OC(N)=O)C(C)=C[C@H](C)[C@@H](O)[C@@H](CO)C[C@H](C)Cc2cc(cc(F)c2F)NC1=O. The molecule has 1 aliphatic heterocycles. The Labute approximate surface area is 217 Å². The summed E-state index contributed by atoms with van der Waals surface area (Å²) in [5, 5.41) is 23.6. The Morgan fingerprint density at radius 1 is 1.22 bits per heavy atom. The smallest absolute Gasteiger partial charge is 0.405 e. The number of hydrogen-bond acceptors (Lipinski definition) is 5. The van der Waals surface area contributed by atoms with Gasteiger partial charge in [-0.05, 0) is 68.6 Å². The van der Waals surface area contributed by atoms with Crippen LogP contribution in [-0.4, -0.2) is 41.0 Å². The third-order valence-electron chi connectivity index (χ3n) is 7.06. The number of fused-ring (bicyclic) bond motifs is 2. The van der Waals surface area contributed by atoms with Crippen LogP contribution in [0.3, 0.4) is 0 Å². The molecule has 1 aromatic rings. The lowest BCUT2D eigenvalue weighted by molar-refractivity contribution is -0.112. The third kappa shape index (κ3) is 8.64. The number of carbonyl (C=O) groups is 2. The van der Waals surface area contributed by atoms with Crippen molar-refractivity contribution in [3.05, 3.63) is 52.6 Å². The van der Waals surface area contributed by atoms with Gasteiger partial charge in [-0.2, -0.15) is 0 Å². The van der Waals surface area contributed by atoms with Crippen molar-refractivity contribution in [3.8, 4) is 0 Å². The standard InChI is InChI=1S/C28H40F2N2O5/c1-15-9-20-12-22(13-23(29)24(20)30)32-27(35)17(3)8-6-7-16(2)26(37-28(31)36)19(5)11-18(4)25(34)21(10-15)14-33/h8,11-13,15-16,18,21,25-26,33-34H,6-7,9-10,14H2,1-5H3,(H2,31,36)(H,32,35)/t15-,16+,18+,21-,25-,26-/m1/s1. The van der Waals surface area contributed by atoms with E-state index in [0.29, 0.717) is 30.4 Å². The highest BCUT2D eigenvalue weighted by Crippen LogP contribution is 2.29. The molecule has 9 heteroatoms. The van der Waals surface area contributed by atoms with Gasteiger partial charge in [0.2, 0.25) is 0 Å². The average molecular weight is 523 g/mol. The van der Waals surface area contributed by atoms with Crippen molar-refractivity contribution >= 4 is 17.7 Å². The van der Waals surface area contributed by atoms with Crippen molar-refractivity contribution in [1.29, 1.82) is 0 Å². The van der Waals surface area contributed by atoms with E-state index in [1.165, 1.54) is 6.07 Å². The van der Waals surface area contributed by atoms with Crippen LogP contribution in [0, 0.1) is 35.3 Å². The highest BCUT2D eigenvalue weighted by Gasteiger charge is 2.28. The number of primary amides is 1. The number of allylic oxidation sites excluding steroid dienone is 1. The molecule has 0 radical (unpaired) electrons. The van der Waals surface area contributed by atoms with Crippen molar-refractivity contribution in [2.24, 2.45) is 29.4 Å². The topological polar surface area (TPSA) is 122 Å². The van der Waals surface area contributed by atoms with Gasteiger partial charge in [0, 0.05) is 35.8 Å². The minimum atomic E-state index is -1.06. The van der Waals surface area contributed by atoms with Crippen LogP contribution >= 0.6 is 0 Å². The number of rotatable bonds is 2. The summed E-state index contributed by atoms with van der Waals surface area (Å²) < 4.78 is 34.3. The third-order valence-corrected chi connectivity index (χ3v) is 7.06. The second kappa shape index (κ2) is 13.7. The van der Waals surface area contributed by atoms with Gasteiger partial charge < -0.3 is 26.0 Å². The molecule has 7 nitrogen and oxygen atoms in total. The monoisotopic (exact) mass is 522 g/mol. The normalized spacial score (nSPS) is 28.6. The van der Waals surface area contributed by atoms with E-state index in [1.807, 2.05) is 19.9 Å². The van der Waals surface area contributed by atoms with Crippen LogP contribution in [0.4, 0.5) is 19.3 Å². The molecule has 5 N–H and O–H groups in total. The van der Waals surface area contributed by atoms with Crippen LogP contribution in [0.1, 0.15) is 59.4 Å². The zero-order chi connectivity index (χ0) is 27.9. The van der Waals surface area contributed by atoms with Crippen molar-refractivity contribution in [1.82, 2.24) is 0 Å². The van der Waals surface area contributed by atoms with E-state index in [2.05, 4.69) is 5.32 Å². The lowest BCUT2D eigenvalue weighted by Gasteiger charge is -2.29. The van der Waals surface area contributed by atoms with E-state index in [0.717, 1.165) is 6.07 Å². The molecule has 1 aromatic carbocycles. The number of nitrogens with two attached hydrogens (primary N) is 1. The average Bonchev–Trinajstić information content (AvgIpc) is 2.82. The van der Waals surface area contributed by atoms with Crippen LogP contribution in [-0.2, 0) is 16.0 Å². The number of nitrogens with one attached hydrogen (secondary N) is 1. The molecular formula is C28H40F2N2O5. The van der Waals surface area contributed by atoms with Crippen LogP contribution in [0.15, 0.2) is 35.4 Å². The molecule has 2 amide bonds. The molecule has 0 saturated carbocycles. The summed E-state index contributed by atoms with van der Waals surface area (Å²) in [6.45, 7) is 8.67. The highest BCUT2D eigenvalue weighted by atomic mass is 19.2. The number of halogens is 2. The van der Waals surface area contributed by atoms with Gasteiger partial charge in [-0.25, -0.2) is 13.6 Å². The molecule has 206 valence electrons. The van der Waals surface area contributed by atoms with Gasteiger partial charge in [0.1, 0.15) is 6.10 Å². The fourth-order valence-corrected chi connectivity index (χ4v) is 5.02. The van der Waals surface area contributed by atoms with Gasteiger partial charge in [0.05, 0.1) is 6.10 Å². The fourth-order valence-electron chi connectivity index (χ4n) is 5.02. The van der Waals surface area contributed by atoms with Gasteiger partial charge in [-0.15, -0.1) is 0 Å². The van der Waals surface area contributed by atoms with Crippen molar-refractivity contribution in [2.75, 3.05) is 11.9 Å². The molecule has 0 unspecified atom stereocenters. The molecule has 0 aliphatic carbocycles. The van der Waals surface area contributed by atoms with Crippen molar-refractivity contribution in [2.45, 2.75) is 72.5 Å². The number of aliphatic hydroxyl groups is 2. The maximum atomic E-state index is 14.6. The Hall–Kier alpha value is -2.78. The van der Waals surface area contributed by atoms with Crippen LogP contribution in [0.25, 0.3) is 0 Å². The molecule has 1 aliphatic rings. The number of hydrogen-bond donors (Lipinski definition) is 4. The molecule has 37 heavy (non-hydrogen) atoms. The molecule has 2 bridgehead atoms. The van der Waals surface area contributed by atoms with E-state index in [4.69, 9.17) is 10.5 Å². The fraction of sp³-hybridized carbons (Fsp3) is 0.571. The molecule has 0 aromatic heterocycles. The van der Waals surface area contributed by atoms with E-state index in [1.54, 1.807) is 26.8 Å². The first-order valence-corrected chi connectivity index (χ1v) is 12.7. The number of anilines is 1. The van der Waals surface area contributed by atoms with Gasteiger partial charge in [-0.1, -0.05) is 32.9 Å². The van der Waals surface area contributed by atoms with Crippen molar-refractivity contribution < 1.29 is 33.3 Å². The van der Waals surface area contributed by atoms with Crippen LogP contribution in [0.5, 0.6) is 0 Å². The summed E-state index contributed by atoms with van der Waals surface area (Å²) in [6.07, 6.45) is 2.65. The van der Waals surface area contributed by atoms with E-state index >= 15 is 0 Å². The Bertz CT molecular complexity index is 1030. The van der Waals surface area contributed by atoms with E-state index < -0.39 is 41.8 Å². The molecule has 0 fully saturated rings. The first-order chi connectivity index (χ1) is 17.3. The van der Waals surface area contributed by atoms with E-state index in [9.17, 15) is 28.6 Å². The van der Waals surface area contributed by atoms with Gasteiger partial charge >= 0.3 is 6.09 Å². The Morgan fingerprint density at radius 2 is 1.89 bits per heavy atom. The quantitative estimate of drug-likeness (QED) is 0.413.